The first-order chi connectivity index (χ1) is 17.0. The SMILES string of the molecule is N=C(N)c1ccc(CCC(=O)N2CCCc3cc(C(=O)N(CCN)c4ccccc4)ccc32)cc1. The van der Waals surface area contributed by atoms with E-state index < -0.39 is 0 Å². The van der Waals surface area contributed by atoms with Crippen LogP contribution in [0.5, 0.6) is 0 Å². The maximum Gasteiger partial charge on any atom is 0.258 e. The number of benzene rings is 3. The van der Waals surface area contributed by atoms with Crippen LogP contribution < -0.4 is 21.3 Å². The van der Waals surface area contributed by atoms with Crippen LogP contribution in [0.4, 0.5) is 11.4 Å². The molecule has 0 unspecified atom stereocenters. The highest BCUT2D eigenvalue weighted by Crippen LogP contribution is 2.30. The number of hydrogen-bond donors (Lipinski definition) is 3. The maximum absolute atomic E-state index is 13.3. The third-order valence-corrected chi connectivity index (χ3v) is 6.30. The number of amidine groups is 1. The van der Waals surface area contributed by atoms with Crippen molar-refractivity contribution in [3.63, 3.8) is 0 Å². The minimum atomic E-state index is -0.0955. The van der Waals surface area contributed by atoms with E-state index in [1.807, 2.05) is 59.5 Å². The zero-order chi connectivity index (χ0) is 24.8. The van der Waals surface area contributed by atoms with E-state index in [0.29, 0.717) is 43.6 Å². The van der Waals surface area contributed by atoms with Crippen LogP contribution in [-0.4, -0.2) is 37.3 Å². The zero-order valence-electron chi connectivity index (χ0n) is 19.7. The molecule has 0 saturated heterocycles. The smallest absolute Gasteiger partial charge is 0.258 e. The van der Waals surface area contributed by atoms with Crippen LogP contribution in [0, 0.1) is 5.41 Å². The molecule has 0 radical (unpaired) electrons. The van der Waals surface area contributed by atoms with E-state index in [2.05, 4.69) is 0 Å². The second-order valence-electron chi connectivity index (χ2n) is 8.68. The van der Waals surface area contributed by atoms with Crippen molar-refractivity contribution in [2.45, 2.75) is 25.7 Å². The molecule has 7 nitrogen and oxygen atoms in total. The number of anilines is 2. The molecule has 0 saturated carbocycles. The molecule has 4 rings (SSSR count). The van der Waals surface area contributed by atoms with Gasteiger partial charge in [0.05, 0.1) is 0 Å². The Morgan fingerprint density at radius 1 is 0.971 bits per heavy atom. The van der Waals surface area contributed by atoms with Crippen LogP contribution in [0.2, 0.25) is 0 Å². The number of rotatable bonds is 8. The quantitative estimate of drug-likeness (QED) is 0.346. The molecular formula is C28H31N5O2. The van der Waals surface area contributed by atoms with Crippen molar-refractivity contribution in [2.75, 3.05) is 29.4 Å². The fourth-order valence-corrected chi connectivity index (χ4v) is 4.47. The maximum atomic E-state index is 13.3. The predicted molar refractivity (Wildman–Crippen MR) is 140 cm³/mol. The summed E-state index contributed by atoms with van der Waals surface area (Å²) in [7, 11) is 0. The Hall–Kier alpha value is -3.97. The number of nitrogen functional groups attached to an aromatic ring is 1. The van der Waals surface area contributed by atoms with Crippen molar-refractivity contribution in [3.8, 4) is 0 Å². The Bertz CT molecular complexity index is 1210. The fraction of sp³-hybridized carbons (Fsp3) is 0.250. The van der Waals surface area contributed by atoms with Gasteiger partial charge in [-0.15, -0.1) is 0 Å². The third-order valence-electron chi connectivity index (χ3n) is 6.30. The summed E-state index contributed by atoms with van der Waals surface area (Å²) in [4.78, 5) is 30.0. The molecule has 3 aromatic carbocycles. The number of hydrogen-bond acceptors (Lipinski definition) is 4. The summed E-state index contributed by atoms with van der Waals surface area (Å²) in [5.74, 6) is 0.00180. The van der Waals surface area contributed by atoms with Crippen LogP contribution in [-0.2, 0) is 17.6 Å². The Kier molecular flexibility index (Phi) is 7.57. The molecule has 2 amide bonds. The number of aryl methyl sites for hydroxylation is 2. The van der Waals surface area contributed by atoms with Gasteiger partial charge < -0.3 is 21.3 Å². The van der Waals surface area contributed by atoms with Gasteiger partial charge in [0.1, 0.15) is 5.84 Å². The van der Waals surface area contributed by atoms with Gasteiger partial charge in [-0.3, -0.25) is 15.0 Å². The molecule has 3 aromatic rings. The molecule has 0 fully saturated rings. The highest BCUT2D eigenvalue weighted by Gasteiger charge is 2.25. The normalized spacial score (nSPS) is 12.7. The van der Waals surface area contributed by atoms with Crippen molar-refractivity contribution in [1.29, 1.82) is 5.41 Å². The van der Waals surface area contributed by atoms with Gasteiger partial charge in [-0.25, -0.2) is 0 Å². The Balaban J connectivity index is 1.48. The molecule has 0 aromatic heterocycles. The molecule has 35 heavy (non-hydrogen) atoms. The van der Waals surface area contributed by atoms with Gasteiger partial charge in [-0.1, -0.05) is 42.5 Å². The van der Waals surface area contributed by atoms with Crippen LogP contribution in [0.3, 0.4) is 0 Å². The first-order valence-corrected chi connectivity index (χ1v) is 11.9. The second kappa shape index (κ2) is 11.0. The van der Waals surface area contributed by atoms with Crippen LogP contribution >= 0.6 is 0 Å². The Morgan fingerprint density at radius 2 is 1.69 bits per heavy atom. The first-order valence-electron chi connectivity index (χ1n) is 11.9. The van der Waals surface area contributed by atoms with Crippen molar-refractivity contribution < 1.29 is 9.59 Å². The first kappa shape index (κ1) is 24.2. The van der Waals surface area contributed by atoms with Gasteiger partial charge in [0.25, 0.3) is 5.91 Å². The van der Waals surface area contributed by atoms with Gasteiger partial charge in [0.15, 0.2) is 0 Å². The molecule has 1 aliphatic rings. The molecular weight excluding hydrogens is 438 g/mol. The number of amides is 2. The van der Waals surface area contributed by atoms with Crippen molar-refractivity contribution in [3.05, 3.63) is 95.1 Å². The average molecular weight is 470 g/mol. The average Bonchev–Trinajstić information content (AvgIpc) is 2.90. The predicted octanol–water partition coefficient (Wildman–Crippen LogP) is 3.49. The second-order valence-corrected chi connectivity index (χ2v) is 8.68. The fourth-order valence-electron chi connectivity index (χ4n) is 4.47. The number of nitrogens with two attached hydrogens (primary N) is 2. The van der Waals surface area contributed by atoms with Crippen LogP contribution in [0.1, 0.15) is 39.9 Å². The van der Waals surface area contributed by atoms with E-state index in [0.717, 1.165) is 35.3 Å². The van der Waals surface area contributed by atoms with Gasteiger partial charge >= 0.3 is 0 Å². The van der Waals surface area contributed by atoms with E-state index in [-0.39, 0.29) is 17.6 Å². The monoisotopic (exact) mass is 469 g/mol. The zero-order valence-corrected chi connectivity index (χ0v) is 19.7. The lowest BCUT2D eigenvalue weighted by Gasteiger charge is -2.30. The Labute approximate surface area is 205 Å². The topological polar surface area (TPSA) is 117 Å². The minimum Gasteiger partial charge on any atom is -0.384 e. The van der Waals surface area contributed by atoms with Crippen LogP contribution in [0.15, 0.2) is 72.8 Å². The molecule has 7 heteroatoms. The summed E-state index contributed by atoms with van der Waals surface area (Å²) >= 11 is 0. The molecule has 0 aliphatic carbocycles. The van der Waals surface area contributed by atoms with E-state index in [9.17, 15) is 9.59 Å². The van der Waals surface area contributed by atoms with Crippen LogP contribution in [0.25, 0.3) is 0 Å². The van der Waals surface area contributed by atoms with Gasteiger partial charge in [-0.05, 0) is 60.7 Å². The number of carbonyl (C=O) groups is 2. The summed E-state index contributed by atoms with van der Waals surface area (Å²) in [6.07, 6.45) is 2.69. The highest BCUT2D eigenvalue weighted by atomic mass is 16.2. The molecule has 1 heterocycles. The van der Waals surface area contributed by atoms with Crippen molar-refractivity contribution >= 4 is 29.0 Å². The number of nitrogens with zero attached hydrogens (tertiary/aromatic N) is 2. The lowest BCUT2D eigenvalue weighted by Crippen LogP contribution is -2.37. The van der Waals surface area contributed by atoms with Crippen molar-refractivity contribution in [1.82, 2.24) is 0 Å². The van der Waals surface area contributed by atoms with E-state index in [1.165, 1.54) is 0 Å². The molecule has 0 bridgehead atoms. The lowest BCUT2D eigenvalue weighted by molar-refractivity contribution is -0.118. The highest BCUT2D eigenvalue weighted by molar-refractivity contribution is 6.07. The lowest BCUT2D eigenvalue weighted by atomic mass is 9.97. The summed E-state index contributed by atoms with van der Waals surface area (Å²) in [5.41, 5.74) is 16.3. The number of fused-ring (bicyclic) bond motifs is 1. The van der Waals surface area contributed by atoms with E-state index in [4.69, 9.17) is 16.9 Å². The number of nitrogens with one attached hydrogen (secondary N) is 1. The van der Waals surface area contributed by atoms with Gasteiger partial charge in [-0.2, -0.15) is 0 Å². The molecule has 0 spiro atoms. The van der Waals surface area contributed by atoms with Gasteiger partial charge in [0.2, 0.25) is 5.91 Å². The molecule has 180 valence electrons. The Morgan fingerprint density at radius 3 is 2.37 bits per heavy atom. The summed E-state index contributed by atoms with van der Waals surface area (Å²) in [6, 6.07) is 22.6. The summed E-state index contributed by atoms with van der Waals surface area (Å²) in [5, 5.41) is 7.50. The minimum absolute atomic E-state index is 0.0327. The van der Waals surface area contributed by atoms with E-state index >= 15 is 0 Å². The summed E-state index contributed by atoms with van der Waals surface area (Å²) in [6.45, 7) is 1.47. The number of para-hydroxylation sites is 1. The largest absolute Gasteiger partial charge is 0.384 e. The van der Waals surface area contributed by atoms with E-state index in [1.54, 1.807) is 23.1 Å². The summed E-state index contributed by atoms with van der Waals surface area (Å²) < 4.78 is 0. The standard InChI is InChI=1S/C28H31N5O2/c29-16-18-32(24-6-2-1-3-7-24)28(35)23-13-14-25-22(19-23)5-4-17-33(25)26(34)15-10-20-8-11-21(12-9-20)27(30)31/h1-3,6-9,11-14,19H,4-5,10,15-18,29H2,(H3,30,31). The third kappa shape index (κ3) is 5.58. The van der Waals surface area contributed by atoms with Crippen molar-refractivity contribution in [2.24, 2.45) is 11.5 Å². The van der Waals surface area contributed by atoms with Gasteiger partial charge in [0, 0.05) is 48.6 Å². The molecule has 1 aliphatic heterocycles. The molecule has 5 N–H and O–H groups in total. The molecule has 0 atom stereocenters. The number of carbonyl (C=O) groups excluding carboxylic acids is 2.